The fourth-order valence-electron chi connectivity index (χ4n) is 4.07. The van der Waals surface area contributed by atoms with E-state index in [1.807, 2.05) is 18.5 Å². The molecule has 2 aliphatic heterocycles. The topological polar surface area (TPSA) is 25.4 Å². The molecule has 1 spiro atoms. The lowest BCUT2D eigenvalue weighted by Crippen LogP contribution is -2.56. The third-order valence-corrected chi connectivity index (χ3v) is 5.25. The third kappa shape index (κ3) is 3.17. The van der Waals surface area contributed by atoms with E-state index in [0.717, 1.165) is 19.6 Å². The van der Waals surface area contributed by atoms with Gasteiger partial charge in [-0.3, -0.25) is 9.88 Å². The van der Waals surface area contributed by atoms with Crippen molar-refractivity contribution in [2.24, 2.45) is 5.41 Å². The van der Waals surface area contributed by atoms with Crippen LogP contribution >= 0.6 is 0 Å². The number of hydrogen-bond donors (Lipinski definition) is 0. The minimum Gasteiger partial charge on any atom is -0.377 e. The molecular formula is C20H24N2O. The molecule has 2 aliphatic rings. The SMILES string of the molecule is Cc1ccccc1CN1CC2(CO[C@H](Cc3cccnc3)C2)C1. The standard InChI is InChI=1S/C20H24N2O/c1-16-5-2-3-7-18(16)12-22-13-20(14-22)10-19(23-15-20)9-17-6-4-8-21-11-17/h2-8,11,19H,9-10,12-15H2,1H3/t19-/m1/s1. The van der Waals surface area contributed by atoms with E-state index in [-0.39, 0.29) is 0 Å². The highest BCUT2D eigenvalue weighted by molar-refractivity contribution is 5.26. The van der Waals surface area contributed by atoms with E-state index in [0.29, 0.717) is 11.5 Å². The molecule has 3 nitrogen and oxygen atoms in total. The Morgan fingerprint density at radius 1 is 1.22 bits per heavy atom. The van der Waals surface area contributed by atoms with Gasteiger partial charge in [0.2, 0.25) is 0 Å². The quantitative estimate of drug-likeness (QED) is 0.867. The van der Waals surface area contributed by atoms with Gasteiger partial charge in [-0.25, -0.2) is 0 Å². The predicted octanol–water partition coefficient (Wildman–Crippen LogP) is 3.22. The molecule has 2 aromatic rings. The maximum absolute atomic E-state index is 6.08. The van der Waals surface area contributed by atoms with Crippen LogP contribution in [-0.2, 0) is 17.7 Å². The lowest BCUT2D eigenvalue weighted by Gasteiger charge is -2.47. The Morgan fingerprint density at radius 2 is 2.09 bits per heavy atom. The van der Waals surface area contributed by atoms with Crippen LogP contribution in [0.2, 0.25) is 0 Å². The van der Waals surface area contributed by atoms with E-state index >= 15 is 0 Å². The van der Waals surface area contributed by atoms with Crippen LogP contribution in [-0.4, -0.2) is 35.7 Å². The first-order chi connectivity index (χ1) is 11.2. The number of likely N-dealkylation sites (tertiary alicyclic amines) is 1. The number of rotatable bonds is 4. The van der Waals surface area contributed by atoms with Crippen molar-refractivity contribution in [3.8, 4) is 0 Å². The van der Waals surface area contributed by atoms with Crippen molar-refractivity contribution in [1.82, 2.24) is 9.88 Å². The minimum atomic E-state index is 0.361. The second kappa shape index (κ2) is 6.06. The van der Waals surface area contributed by atoms with Crippen molar-refractivity contribution in [1.29, 1.82) is 0 Å². The smallest absolute Gasteiger partial charge is 0.0623 e. The van der Waals surface area contributed by atoms with Gasteiger partial charge in [0.1, 0.15) is 0 Å². The van der Waals surface area contributed by atoms with Gasteiger partial charge in [-0.15, -0.1) is 0 Å². The highest BCUT2D eigenvalue weighted by Crippen LogP contribution is 2.42. The van der Waals surface area contributed by atoms with Gasteiger partial charge >= 0.3 is 0 Å². The van der Waals surface area contributed by atoms with Crippen molar-refractivity contribution in [3.05, 3.63) is 65.5 Å². The van der Waals surface area contributed by atoms with Crippen LogP contribution in [0, 0.1) is 12.3 Å². The summed E-state index contributed by atoms with van der Waals surface area (Å²) < 4.78 is 6.08. The van der Waals surface area contributed by atoms with Crippen LogP contribution in [0.3, 0.4) is 0 Å². The molecular weight excluding hydrogens is 284 g/mol. The Morgan fingerprint density at radius 3 is 2.87 bits per heavy atom. The van der Waals surface area contributed by atoms with Crippen molar-refractivity contribution < 1.29 is 4.74 Å². The zero-order valence-electron chi connectivity index (χ0n) is 13.7. The first-order valence-corrected chi connectivity index (χ1v) is 8.50. The molecule has 0 aliphatic carbocycles. The summed E-state index contributed by atoms with van der Waals surface area (Å²) in [5.41, 5.74) is 4.53. The fraction of sp³-hybridized carbons (Fsp3) is 0.450. The lowest BCUT2D eigenvalue weighted by atomic mass is 9.77. The van der Waals surface area contributed by atoms with Crippen LogP contribution in [0.4, 0.5) is 0 Å². The van der Waals surface area contributed by atoms with Crippen LogP contribution < -0.4 is 0 Å². The first-order valence-electron chi connectivity index (χ1n) is 8.50. The molecule has 3 heterocycles. The van der Waals surface area contributed by atoms with E-state index in [1.54, 1.807) is 0 Å². The number of aromatic nitrogens is 1. The average Bonchev–Trinajstić information content (AvgIpc) is 2.94. The summed E-state index contributed by atoms with van der Waals surface area (Å²) in [6.45, 7) is 6.53. The van der Waals surface area contributed by atoms with Crippen molar-refractivity contribution in [3.63, 3.8) is 0 Å². The summed E-state index contributed by atoms with van der Waals surface area (Å²) >= 11 is 0. The summed E-state index contributed by atoms with van der Waals surface area (Å²) in [6, 6.07) is 12.9. The largest absolute Gasteiger partial charge is 0.377 e. The normalized spacial score (nSPS) is 23.1. The third-order valence-electron chi connectivity index (χ3n) is 5.25. The molecule has 0 radical (unpaired) electrons. The summed E-state index contributed by atoms with van der Waals surface area (Å²) in [5.74, 6) is 0. The summed E-state index contributed by atoms with van der Waals surface area (Å²) in [5, 5.41) is 0. The zero-order chi connectivity index (χ0) is 15.7. The predicted molar refractivity (Wildman–Crippen MR) is 91.2 cm³/mol. The van der Waals surface area contributed by atoms with Crippen LogP contribution in [0.1, 0.15) is 23.1 Å². The van der Waals surface area contributed by atoms with E-state index < -0.39 is 0 Å². The van der Waals surface area contributed by atoms with Crippen LogP contribution in [0.25, 0.3) is 0 Å². The maximum atomic E-state index is 6.08. The zero-order valence-corrected chi connectivity index (χ0v) is 13.7. The van der Waals surface area contributed by atoms with E-state index in [4.69, 9.17) is 4.74 Å². The minimum absolute atomic E-state index is 0.361. The molecule has 0 amide bonds. The molecule has 0 N–H and O–H groups in total. The van der Waals surface area contributed by atoms with Gasteiger partial charge in [0.15, 0.2) is 0 Å². The molecule has 23 heavy (non-hydrogen) atoms. The number of nitrogens with zero attached hydrogens (tertiary/aromatic N) is 2. The second-order valence-corrected chi connectivity index (χ2v) is 7.27. The Labute approximate surface area is 138 Å². The number of benzene rings is 1. The second-order valence-electron chi connectivity index (χ2n) is 7.27. The molecule has 2 fully saturated rings. The lowest BCUT2D eigenvalue weighted by molar-refractivity contribution is -0.0141. The van der Waals surface area contributed by atoms with Crippen molar-refractivity contribution in [2.75, 3.05) is 19.7 Å². The Kier molecular flexibility index (Phi) is 3.92. The molecule has 2 saturated heterocycles. The van der Waals surface area contributed by atoms with Gasteiger partial charge in [0.25, 0.3) is 0 Å². The molecule has 0 saturated carbocycles. The summed E-state index contributed by atoms with van der Waals surface area (Å²) in [4.78, 5) is 6.75. The molecule has 3 heteroatoms. The number of hydrogen-bond acceptors (Lipinski definition) is 3. The molecule has 120 valence electrons. The summed E-state index contributed by atoms with van der Waals surface area (Å²) in [7, 11) is 0. The first kappa shape index (κ1) is 14.9. The maximum Gasteiger partial charge on any atom is 0.0623 e. The Hall–Kier alpha value is -1.71. The van der Waals surface area contributed by atoms with E-state index in [1.165, 1.54) is 36.2 Å². The molecule has 1 atom stereocenters. The van der Waals surface area contributed by atoms with Gasteiger partial charge in [0.05, 0.1) is 12.7 Å². The molecule has 0 bridgehead atoms. The highest BCUT2D eigenvalue weighted by Gasteiger charge is 2.48. The molecule has 4 rings (SSSR count). The van der Waals surface area contributed by atoms with Gasteiger partial charge in [-0.05, 0) is 36.1 Å². The van der Waals surface area contributed by atoms with Gasteiger partial charge < -0.3 is 4.74 Å². The van der Waals surface area contributed by atoms with E-state index in [9.17, 15) is 0 Å². The fourth-order valence-corrected chi connectivity index (χ4v) is 4.07. The number of ether oxygens (including phenoxy) is 1. The monoisotopic (exact) mass is 308 g/mol. The Balaban J connectivity index is 1.30. The van der Waals surface area contributed by atoms with Gasteiger partial charge in [-0.2, -0.15) is 0 Å². The molecule has 0 unspecified atom stereocenters. The van der Waals surface area contributed by atoms with Gasteiger partial charge in [-0.1, -0.05) is 30.3 Å². The average molecular weight is 308 g/mol. The van der Waals surface area contributed by atoms with Crippen molar-refractivity contribution in [2.45, 2.75) is 32.4 Å². The molecule has 1 aromatic carbocycles. The van der Waals surface area contributed by atoms with Gasteiger partial charge in [0, 0.05) is 43.9 Å². The van der Waals surface area contributed by atoms with Crippen LogP contribution in [0.5, 0.6) is 0 Å². The molecule has 1 aromatic heterocycles. The van der Waals surface area contributed by atoms with Crippen LogP contribution in [0.15, 0.2) is 48.8 Å². The highest BCUT2D eigenvalue weighted by atomic mass is 16.5. The number of aryl methyl sites for hydroxylation is 1. The summed E-state index contributed by atoms with van der Waals surface area (Å²) in [6.07, 6.45) is 6.33. The number of pyridine rings is 1. The van der Waals surface area contributed by atoms with E-state index in [2.05, 4.69) is 47.1 Å². The Bertz CT molecular complexity index is 664. The van der Waals surface area contributed by atoms with Crippen molar-refractivity contribution >= 4 is 0 Å².